The minimum Gasteiger partial charge on any atom is -0.396 e. The number of nitrogens with one attached hydrogen (secondary N) is 2. The number of hydrogen-bond acceptors (Lipinski definition) is 4. The summed E-state index contributed by atoms with van der Waals surface area (Å²) in [6.45, 7) is 2.11. The zero-order valence-electron chi connectivity index (χ0n) is 13.1. The fourth-order valence-electron chi connectivity index (χ4n) is 2.04. The zero-order valence-corrected chi connectivity index (χ0v) is 15.3. The number of rotatable bonds is 7. The van der Waals surface area contributed by atoms with Crippen LogP contribution in [0.1, 0.15) is 22.3 Å². The highest BCUT2D eigenvalue weighted by Crippen LogP contribution is 2.25. The van der Waals surface area contributed by atoms with Crippen LogP contribution in [-0.4, -0.2) is 24.2 Å². The molecule has 0 saturated carbocycles. The molecule has 128 valence electrons. The molecular formula is C17H18FIN2O3. The average Bonchev–Trinajstić information content (AvgIpc) is 2.54. The van der Waals surface area contributed by atoms with Gasteiger partial charge < -0.3 is 10.4 Å². The van der Waals surface area contributed by atoms with Gasteiger partial charge in [-0.15, -0.1) is 0 Å². The number of hydroxylamine groups is 1. The Labute approximate surface area is 153 Å². The molecule has 0 fully saturated rings. The van der Waals surface area contributed by atoms with Gasteiger partial charge in [0.2, 0.25) is 0 Å². The van der Waals surface area contributed by atoms with Gasteiger partial charge >= 0.3 is 0 Å². The minimum absolute atomic E-state index is 0.0225. The normalized spacial score (nSPS) is 10.5. The number of carbonyl (C=O) groups is 1. The molecule has 24 heavy (non-hydrogen) atoms. The predicted octanol–water partition coefficient (Wildman–Crippen LogP) is 3.53. The van der Waals surface area contributed by atoms with Gasteiger partial charge in [0.05, 0.1) is 17.9 Å². The van der Waals surface area contributed by atoms with Crippen LogP contribution in [0.3, 0.4) is 0 Å². The number of anilines is 2. The molecule has 0 aliphatic rings. The summed E-state index contributed by atoms with van der Waals surface area (Å²) in [5.41, 5.74) is 4.67. The maximum absolute atomic E-state index is 13.6. The number of benzene rings is 2. The summed E-state index contributed by atoms with van der Waals surface area (Å²) in [5, 5.41) is 11.8. The van der Waals surface area contributed by atoms with Gasteiger partial charge in [0.25, 0.3) is 5.91 Å². The van der Waals surface area contributed by atoms with Crippen LogP contribution in [-0.2, 0) is 4.84 Å². The molecule has 0 radical (unpaired) electrons. The van der Waals surface area contributed by atoms with Gasteiger partial charge in [-0.1, -0.05) is 0 Å². The predicted molar refractivity (Wildman–Crippen MR) is 98.7 cm³/mol. The van der Waals surface area contributed by atoms with Crippen LogP contribution in [0.5, 0.6) is 0 Å². The first-order chi connectivity index (χ1) is 11.5. The zero-order chi connectivity index (χ0) is 17.5. The van der Waals surface area contributed by atoms with E-state index in [2.05, 4.69) is 33.4 Å². The van der Waals surface area contributed by atoms with Gasteiger partial charge in [-0.25, -0.2) is 9.87 Å². The summed E-state index contributed by atoms with van der Waals surface area (Å²) in [6.07, 6.45) is 0.413. The molecule has 0 saturated heterocycles. The highest BCUT2D eigenvalue weighted by Gasteiger charge is 2.13. The van der Waals surface area contributed by atoms with Crippen LogP contribution in [0.25, 0.3) is 0 Å². The van der Waals surface area contributed by atoms with E-state index < -0.39 is 11.7 Å². The van der Waals surface area contributed by atoms with Crippen molar-refractivity contribution in [2.45, 2.75) is 13.3 Å². The summed E-state index contributed by atoms with van der Waals surface area (Å²) in [6, 6.07) is 9.66. The number of amides is 1. The lowest BCUT2D eigenvalue weighted by molar-refractivity contribution is 0.0262. The summed E-state index contributed by atoms with van der Waals surface area (Å²) >= 11 is 2.21. The molecule has 0 bridgehead atoms. The Hall–Kier alpha value is -1.71. The number of halogens is 2. The highest BCUT2D eigenvalue weighted by atomic mass is 127. The Balaban J connectivity index is 2.19. The lowest BCUT2D eigenvalue weighted by Crippen LogP contribution is -2.25. The lowest BCUT2D eigenvalue weighted by Gasteiger charge is -2.14. The number of aliphatic hydroxyl groups is 1. The van der Waals surface area contributed by atoms with E-state index in [1.165, 1.54) is 18.2 Å². The Bertz CT molecular complexity index is 725. The quantitative estimate of drug-likeness (QED) is 0.347. The second-order valence-corrected chi connectivity index (χ2v) is 6.38. The average molecular weight is 444 g/mol. The van der Waals surface area contributed by atoms with Gasteiger partial charge in [0.1, 0.15) is 5.82 Å². The first-order valence-corrected chi connectivity index (χ1v) is 8.45. The second-order valence-electron chi connectivity index (χ2n) is 5.13. The Morgan fingerprint density at radius 2 is 2.04 bits per heavy atom. The van der Waals surface area contributed by atoms with Crippen LogP contribution in [0.2, 0.25) is 0 Å². The third-order valence-electron chi connectivity index (χ3n) is 3.25. The van der Waals surface area contributed by atoms with E-state index in [9.17, 15) is 9.18 Å². The van der Waals surface area contributed by atoms with Gasteiger partial charge in [-0.3, -0.25) is 9.63 Å². The molecule has 1 amide bonds. The molecule has 2 aromatic rings. The molecule has 0 aromatic heterocycles. The van der Waals surface area contributed by atoms with E-state index in [1.54, 1.807) is 0 Å². The molecule has 0 heterocycles. The van der Waals surface area contributed by atoms with E-state index in [4.69, 9.17) is 9.94 Å². The van der Waals surface area contributed by atoms with Crippen LogP contribution in [0, 0.1) is 16.3 Å². The first kappa shape index (κ1) is 18.6. The maximum Gasteiger partial charge on any atom is 0.276 e. The molecule has 0 aliphatic carbocycles. The Kier molecular flexibility index (Phi) is 6.95. The summed E-state index contributed by atoms with van der Waals surface area (Å²) in [5.74, 6) is -0.933. The molecule has 0 unspecified atom stereocenters. The monoisotopic (exact) mass is 444 g/mol. The van der Waals surface area contributed by atoms with Crippen LogP contribution in [0.4, 0.5) is 15.8 Å². The van der Waals surface area contributed by atoms with Gasteiger partial charge in [-0.2, -0.15) is 0 Å². The topological polar surface area (TPSA) is 70.6 Å². The van der Waals surface area contributed by atoms with Crippen LogP contribution < -0.4 is 10.8 Å². The summed E-state index contributed by atoms with van der Waals surface area (Å²) in [7, 11) is 0. The molecular weight excluding hydrogens is 426 g/mol. The van der Waals surface area contributed by atoms with Gasteiger partial charge in [0.15, 0.2) is 0 Å². The van der Waals surface area contributed by atoms with Crippen molar-refractivity contribution in [1.29, 1.82) is 0 Å². The maximum atomic E-state index is 13.6. The van der Waals surface area contributed by atoms with Crippen molar-refractivity contribution in [3.05, 3.63) is 56.9 Å². The Morgan fingerprint density at radius 3 is 2.75 bits per heavy atom. The molecule has 3 N–H and O–H groups in total. The van der Waals surface area contributed by atoms with E-state index in [0.29, 0.717) is 12.1 Å². The van der Waals surface area contributed by atoms with Gasteiger partial charge in [-0.05, 0) is 77.9 Å². The lowest BCUT2D eigenvalue weighted by atomic mass is 10.1. The third kappa shape index (κ3) is 5.15. The number of hydrogen-bond donors (Lipinski definition) is 3. The van der Waals surface area contributed by atoms with Crippen molar-refractivity contribution in [2.24, 2.45) is 0 Å². The second kappa shape index (κ2) is 8.95. The molecule has 5 nitrogen and oxygen atoms in total. The van der Waals surface area contributed by atoms with E-state index in [1.807, 2.05) is 25.1 Å². The van der Waals surface area contributed by atoms with Crippen molar-refractivity contribution < 1.29 is 19.1 Å². The fourth-order valence-corrected chi connectivity index (χ4v) is 2.69. The largest absolute Gasteiger partial charge is 0.396 e. The van der Waals surface area contributed by atoms with Crippen LogP contribution in [0.15, 0.2) is 36.4 Å². The van der Waals surface area contributed by atoms with Crippen LogP contribution >= 0.6 is 22.6 Å². The molecule has 7 heteroatoms. The van der Waals surface area contributed by atoms with Crippen molar-refractivity contribution >= 4 is 39.9 Å². The number of aryl methyl sites for hydroxylation is 1. The van der Waals surface area contributed by atoms with Crippen molar-refractivity contribution in [2.75, 3.05) is 18.5 Å². The first-order valence-electron chi connectivity index (χ1n) is 7.37. The van der Waals surface area contributed by atoms with Crippen molar-refractivity contribution in [3.63, 3.8) is 0 Å². The summed E-state index contributed by atoms with van der Waals surface area (Å²) < 4.78 is 14.7. The Morgan fingerprint density at radius 1 is 1.25 bits per heavy atom. The van der Waals surface area contributed by atoms with Crippen molar-refractivity contribution in [3.8, 4) is 0 Å². The SMILES string of the molecule is Cc1cc(I)ccc1Nc1cc(F)ccc1C(=O)NOCCCO. The smallest absolute Gasteiger partial charge is 0.276 e. The van der Waals surface area contributed by atoms with Gasteiger partial charge in [0, 0.05) is 15.9 Å². The van der Waals surface area contributed by atoms with E-state index in [-0.39, 0.29) is 18.8 Å². The number of carbonyl (C=O) groups excluding carboxylic acids is 1. The highest BCUT2D eigenvalue weighted by molar-refractivity contribution is 14.1. The molecule has 2 rings (SSSR count). The van der Waals surface area contributed by atoms with Crippen molar-refractivity contribution in [1.82, 2.24) is 5.48 Å². The molecule has 0 atom stereocenters. The van der Waals surface area contributed by atoms with E-state index >= 15 is 0 Å². The molecule has 2 aromatic carbocycles. The summed E-state index contributed by atoms with van der Waals surface area (Å²) in [4.78, 5) is 17.2. The minimum atomic E-state index is -0.487. The fraction of sp³-hybridized carbons (Fsp3) is 0.235. The number of aliphatic hydroxyl groups excluding tert-OH is 1. The molecule has 0 spiro atoms. The standard InChI is InChI=1S/C17H18FIN2O3/c1-11-9-13(19)4-6-15(11)20-16-10-12(18)3-5-14(16)17(23)21-24-8-2-7-22/h3-6,9-10,20,22H,2,7-8H2,1H3,(H,21,23). The van der Waals surface area contributed by atoms with E-state index in [0.717, 1.165) is 14.8 Å². The third-order valence-corrected chi connectivity index (χ3v) is 3.92. The molecule has 0 aliphatic heterocycles.